The van der Waals surface area contributed by atoms with Crippen molar-refractivity contribution in [3.8, 4) is 0 Å². The summed E-state index contributed by atoms with van der Waals surface area (Å²) in [6.07, 6.45) is 4.95. The molecule has 2 fully saturated rings. The first-order valence-electron chi connectivity index (χ1n) is 13.7. The van der Waals surface area contributed by atoms with Gasteiger partial charge in [-0.15, -0.1) is 0 Å². The van der Waals surface area contributed by atoms with Crippen LogP contribution in [0.5, 0.6) is 0 Å². The molecule has 0 bridgehead atoms. The lowest BCUT2D eigenvalue weighted by Gasteiger charge is -2.57. The Balaban J connectivity index is 1.54. The van der Waals surface area contributed by atoms with Crippen LogP contribution < -0.4 is 5.32 Å². The summed E-state index contributed by atoms with van der Waals surface area (Å²) < 4.78 is 55.8. The summed E-state index contributed by atoms with van der Waals surface area (Å²) in [6, 6.07) is 7.00. The van der Waals surface area contributed by atoms with E-state index >= 15 is 0 Å². The highest BCUT2D eigenvalue weighted by Crippen LogP contribution is 2.41. The number of carbonyl (C=O) groups excluding carboxylic acids is 1. The van der Waals surface area contributed by atoms with Gasteiger partial charge < -0.3 is 10.4 Å². The number of aliphatic hydroxyl groups is 1. The number of hydrogen-bond donors (Lipinski definition) is 2. The van der Waals surface area contributed by atoms with Crippen molar-refractivity contribution in [3.63, 3.8) is 0 Å². The van der Waals surface area contributed by atoms with E-state index in [9.17, 15) is 27.5 Å². The quantitative estimate of drug-likeness (QED) is 0.223. The molecule has 1 aliphatic heterocycles. The SMILES string of the molecule is C=C(/C=C(\C)c1ccc(F)cc1F)C(=O)NC1(CC(C)(C)c2cc(F)cc(F)c2)CN(C2CCC(C)(O)CC2)C1. The number of carbonyl (C=O) groups is 1. The van der Waals surface area contributed by atoms with E-state index in [4.69, 9.17) is 0 Å². The van der Waals surface area contributed by atoms with Crippen molar-refractivity contribution in [2.75, 3.05) is 13.1 Å². The van der Waals surface area contributed by atoms with E-state index in [0.717, 1.165) is 31.0 Å². The third-order valence-corrected chi connectivity index (χ3v) is 8.40. The summed E-state index contributed by atoms with van der Waals surface area (Å²) in [5.41, 5.74) is -0.844. The second-order valence-corrected chi connectivity index (χ2v) is 12.6. The summed E-state index contributed by atoms with van der Waals surface area (Å²) in [5, 5.41) is 13.5. The maximum Gasteiger partial charge on any atom is 0.251 e. The minimum absolute atomic E-state index is 0.113. The molecule has 2 N–H and O–H groups in total. The Hall–Kier alpha value is -2.97. The van der Waals surface area contributed by atoms with E-state index in [1.807, 2.05) is 20.8 Å². The molecule has 2 aromatic rings. The molecule has 2 aliphatic rings. The topological polar surface area (TPSA) is 52.6 Å². The molecule has 0 aromatic heterocycles. The monoisotopic (exact) mass is 558 g/mol. The highest BCUT2D eigenvalue weighted by atomic mass is 19.1. The molecule has 216 valence electrons. The molecular weight excluding hydrogens is 520 g/mol. The smallest absolute Gasteiger partial charge is 0.251 e. The van der Waals surface area contributed by atoms with Crippen molar-refractivity contribution >= 4 is 11.5 Å². The van der Waals surface area contributed by atoms with Crippen molar-refractivity contribution in [1.29, 1.82) is 0 Å². The Kier molecular flexibility index (Phi) is 8.35. The lowest BCUT2D eigenvalue weighted by atomic mass is 9.69. The van der Waals surface area contributed by atoms with Gasteiger partial charge in [-0.2, -0.15) is 0 Å². The molecule has 4 rings (SSSR count). The van der Waals surface area contributed by atoms with Crippen molar-refractivity contribution < 1.29 is 27.5 Å². The van der Waals surface area contributed by atoms with Gasteiger partial charge in [0.15, 0.2) is 0 Å². The van der Waals surface area contributed by atoms with Crippen LogP contribution in [-0.4, -0.2) is 46.2 Å². The number of hydrogen-bond acceptors (Lipinski definition) is 3. The number of likely N-dealkylation sites (tertiary alicyclic amines) is 1. The average Bonchev–Trinajstić information content (AvgIpc) is 2.81. The Morgan fingerprint density at radius 3 is 2.25 bits per heavy atom. The zero-order valence-electron chi connectivity index (χ0n) is 23.6. The van der Waals surface area contributed by atoms with Crippen molar-refractivity contribution in [1.82, 2.24) is 10.2 Å². The fourth-order valence-corrected chi connectivity index (χ4v) is 6.24. The van der Waals surface area contributed by atoms with Crippen LogP contribution in [0, 0.1) is 23.3 Å². The van der Waals surface area contributed by atoms with Crippen LogP contribution in [0.3, 0.4) is 0 Å². The molecule has 1 aliphatic carbocycles. The predicted octanol–water partition coefficient (Wildman–Crippen LogP) is 6.43. The fraction of sp³-hybridized carbons (Fsp3) is 0.469. The normalized spacial score (nSPS) is 23.4. The summed E-state index contributed by atoms with van der Waals surface area (Å²) in [4.78, 5) is 15.7. The maximum atomic E-state index is 14.3. The van der Waals surface area contributed by atoms with Crippen molar-refractivity contribution in [2.24, 2.45) is 0 Å². The minimum atomic E-state index is -0.733. The number of benzene rings is 2. The lowest BCUT2D eigenvalue weighted by molar-refractivity contribution is -0.124. The highest BCUT2D eigenvalue weighted by Gasteiger charge is 2.50. The number of nitrogens with zero attached hydrogens (tertiary/aromatic N) is 1. The molecule has 40 heavy (non-hydrogen) atoms. The van der Waals surface area contributed by atoms with Crippen LogP contribution in [0.15, 0.2) is 54.6 Å². The predicted molar refractivity (Wildman–Crippen MR) is 148 cm³/mol. The first kappa shape index (κ1) is 30.0. The Labute approximate surface area is 233 Å². The Morgan fingerprint density at radius 2 is 1.68 bits per heavy atom. The van der Waals surface area contributed by atoms with Crippen LogP contribution in [-0.2, 0) is 10.2 Å². The van der Waals surface area contributed by atoms with E-state index in [-0.39, 0.29) is 17.2 Å². The van der Waals surface area contributed by atoms with E-state index in [1.165, 1.54) is 24.3 Å². The number of rotatable bonds is 8. The number of nitrogens with one attached hydrogen (secondary N) is 1. The van der Waals surface area contributed by atoms with Gasteiger partial charge in [0.25, 0.3) is 5.91 Å². The first-order valence-corrected chi connectivity index (χ1v) is 13.7. The zero-order valence-corrected chi connectivity index (χ0v) is 23.6. The average molecular weight is 559 g/mol. The summed E-state index contributed by atoms with van der Waals surface area (Å²) >= 11 is 0. The largest absolute Gasteiger partial charge is 0.390 e. The molecule has 1 heterocycles. The standard InChI is InChI=1S/C32H38F4N2O2/c1-20(27-7-6-23(33)16-28(27)36)12-21(2)29(39)37-32(17-30(3,4)22-13-24(34)15-25(35)14-22)18-38(19-32)26-8-10-31(5,40)11-9-26/h6-7,12-16,26,40H,2,8-11,17-19H2,1,3-5H3,(H,37,39)/b20-12+. The zero-order chi connectivity index (χ0) is 29.5. The van der Waals surface area contributed by atoms with E-state index < -0.39 is 45.7 Å². The van der Waals surface area contributed by atoms with Gasteiger partial charge in [-0.05, 0) is 92.8 Å². The minimum Gasteiger partial charge on any atom is -0.390 e. The van der Waals surface area contributed by atoms with Gasteiger partial charge in [-0.1, -0.05) is 20.4 Å². The van der Waals surface area contributed by atoms with Gasteiger partial charge in [0.2, 0.25) is 0 Å². The third kappa shape index (κ3) is 6.84. The van der Waals surface area contributed by atoms with Gasteiger partial charge in [0.1, 0.15) is 23.3 Å². The number of allylic oxidation sites excluding steroid dienone is 1. The summed E-state index contributed by atoms with van der Waals surface area (Å²) in [6.45, 7) is 12.2. The van der Waals surface area contributed by atoms with Gasteiger partial charge in [-0.25, -0.2) is 17.6 Å². The number of amides is 1. The summed E-state index contributed by atoms with van der Waals surface area (Å²) in [7, 11) is 0. The number of halogens is 4. The van der Waals surface area contributed by atoms with E-state index in [0.29, 0.717) is 43.5 Å². The van der Waals surface area contributed by atoms with Crippen molar-refractivity contribution in [3.05, 3.63) is 89.0 Å². The molecule has 4 nitrogen and oxygen atoms in total. The molecule has 1 saturated heterocycles. The van der Waals surface area contributed by atoms with Crippen LogP contribution in [0.4, 0.5) is 17.6 Å². The molecule has 0 radical (unpaired) electrons. The van der Waals surface area contributed by atoms with Crippen LogP contribution in [0.1, 0.15) is 70.9 Å². The van der Waals surface area contributed by atoms with Gasteiger partial charge in [0, 0.05) is 42.4 Å². The molecule has 1 amide bonds. The molecule has 0 unspecified atom stereocenters. The molecular formula is C32H38F4N2O2. The van der Waals surface area contributed by atoms with E-state index in [2.05, 4.69) is 16.8 Å². The van der Waals surface area contributed by atoms with Gasteiger partial charge in [-0.3, -0.25) is 9.69 Å². The second-order valence-electron chi connectivity index (χ2n) is 12.6. The molecule has 8 heteroatoms. The molecule has 0 atom stereocenters. The van der Waals surface area contributed by atoms with Gasteiger partial charge >= 0.3 is 0 Å². The van der Waals surface area contributed by atoms with Crippen molar-refractivity contribution in [2.45, 2.75) is 82.4 Å². The van der Waals surface area contributed by atoms with Crippen LogP contribution >= 0.6 is 0 Å². The maximum absolute atomic E-state index is 14.3. The molecule has 2 aromatic carbocycles. The summed E-state index contributed by atoms with van der Waals surface area (Å²) in [5.74, 6) is -3.18. The van der Waals surface area contributed by atoms with E-state index in [1.54, 1.807) is 6.92 Å². The highest BCUT2D eigenvalue weighted by molar-refractivity contribution is 5.98. The van der Waals surface area contributed by atoms with Crippen LogP contribution in [0.2, 0.25) is 0 Å². The lowest BCUT2D eigenvalue weighted by Crippen LogP contribution is -2.73. The Bertz CT molecular complexity index is 1300. The molecule has 1 saturated carbocycles. The third-order valence-electron chi connectivity index (χ3n) is 8.40. The van der Waals surface area contributed by atoms with Crippen LogP contribution in [0.25, 0.3) is 5.57 Å². The first-order chi connectivity index (χ1) is 18.6. The fourth-order valence-electron chi connectivity index (χ4n) is 6.24. The Morgan fingerprint density at radius 1 is 1.07 bits per heavy atom. The molecule has 0 spiro atoms. The second kappa shape index (κ2) is 11.1. The van der Waals surface area contributed by atoms with Gasteiger partial charge in [0.05, 0.1) is 11.1 Å².